The van der Waals surface area contributed by atoms with E-state index in [2.05, 4.69) is 37.4 Å². The van der Waals surface area contributed by atoms with Crippen LogP contribution in [0.1, 0.15) is 48.1 Å². The number of hydrogen-bond donors (Lipinski definition) is 1. The molecular formula is C21H27NO2. The molecule has 2 aromatic carbocycles. The molecular weight excluding hydrogens is 298 g/mol. The van der Waals surface area contributed by atoms with Gasteiger partial charge >= 0.3 is 0 Å². The second-order valence-corrected chi connectivity index (χ2v) is 6.41. The molecule has 3 heteroatoms. The summed E-state index contributed by atoms with van der Waals surface area (Å²) < 4.78 is 5.65. The summed E-state index contributed by atoms with van der Waals surface area (Å²) in [6.45, 7) is 8.78. The number of benzene rings is 2. The number of nitrogens with one attached hydrogen (secondary N) is 1. The molecule has 0 aliphatic heterocycles. The van der Waals surface area contributed by atoms with E-state index >= 15 is 0 Å². The van der Waals surface area contributed by atoms with Gasteiger partial charge in [0.2, 0.25) is 5.91 Å². The number of carbonyl (C=O) groups is 1. The Kier molecular flexibility index (Phi) is 6.42. The van der Waals surface area contributed by atoms with Gasteiger partial charge in [-0.2, -0.15) is 0 Å². The van der Waals surface area contributed by atoms with E-state index in [0.29, 0.717) is 19.4 Å². The maximum atomic E-state index is 12.1. The molecule has 0 unspecified atom stereocenters. The second kappa shape index (κ2) is 8.53. The minimum Gasteiger partial charge on any atom is -0.494 e. The van der Waals surface area contributed by atoms with E-state index in [4.69, 9.17) is 4.74 Å². The molecule has 0 aliphatic carbocycles. The van der Waals surface area contributed by atoms with Crippen molar-refractivity contribution in [2.24, 2.45) is 0 Å². The van der Waals surface area contributed by atoms with Gasteiger partial charge in [-0.25, -0.2) is 0 Å². The summed E-state index contributed by atoms with van der Waals surface area (Å²) in [7, 11) is 0. The third-order valence-electron chi connectivity index (χ3n) is 4.11. The minimum absolute atomic E-state index is 0.0242. The Morgan fingerprint density at radius 1 is 1.04 bits per heavy atom. The summed E-state index contributed by atoms with van der Waals surface area (Å²) in [6, 6.07) is 14.3. The molecule has 0 radical (unpaired) electrons. The number of rotatable bonds is 7. The summed E-state index contributed by atoms with van der Waals surface area (Å²) in [6.07, 6.45) is 1.18. The van der Waals surface area contributed by atoms with Gasteiger partial charge in [0.05, 0.1) is 12.6 Å². The highest BCUT2D eigenvalue weighted by Gasteiger charge is 2.11. The summed E-state index contributed by atoms with van der Waals surface area (Å²) in [5, 5.41) is 3.07. The van der Waals surface area contributed by atoms with Crippen molar-refractivity contribution in [1.29, 1.82) is 0 Å². The van der Waals surface area contributed by atoms with E-state index in [1.807, 2.05) is 38.1 Å². The first-order valence-corrected chi connectivity index (χ1v) is 8.51. The summed E-state index contributed by atoms with van der Waals surface area (Å²) in [5.74, 6) is 0.916. The van der Waals surface area contributed by atoms with Crippen LogP contribution < -0.4 is 10.1 Å². The first kappa shape index (κ1) is 18.1. The monoisotopic (exact) mass is 325 g/mol. The van der Waals surface area contributed by atoms with Crippen molar-refractivity contribution in [1.82, 2.24) is 5.32 Å². The van der Waals surface area contributed by atoms with E-state index < -0.39 is 0 Å². The quantitative estimate of drug-likeness (QED) is 0.753. The molecule has 0 spiro atoms. The maximum Gasteiger partial charge on any atom is 0.220 e. The zero-order chi connectivity index (χ0) is 17.5. The molecule has 0 fully saturated rings. The zero-order valence-corrected chi connectivity index (χ0v) is 15.1. The lowest BCUT2D eigenvalue weighted by atomic mass is 10.0. The molecule has 24 heavy (non-hydrogen) atoms. The molecule has 0 aromatic heterocycles. The third kappa shape index (κ3) is 5.41. The Hall–Kier alpha value is -2.29. The molecule has 0 saturated heterocycles. The van der Waals surface area contributed by atoms with Crippen LogP contribution >= 0.6 is 0 Å². The highest BCUT2D eigenvalue weighted by atomic mass is 16.5. The molecule has 0 heterocycles. The molecule has 3 nitrogen and oxygen atoms in total. The van der Waals surface area contributed by atoms with Gasteiger partial charge in [0.25, 0.3) is 0 Å². The predicted octanol–water partition coefficient (Wildman–Crippen LogP) is 4.65. The van der Waals surface area contributed by atoms with Gasteiger partial charge in [-0.3, -0.25) is 4.79 Å². The molecule has 2 aromatic rings. The van der Waals surface area contributed by atoms with Crippen molar-refractivity contribution in [3.05, 3.63) is 64.7 Å². The summed E-state index contributed by atoms with van der Waals surface area (Å²) in [4.78, 5) is 12.1. The van der Waals surface area contributed by atoms with E-state index in [9.17, 15) is 4.79 Å². The Balaban J connectivity index is 1.73. The van der Waals surface area contributed by atoms with Gasteiger partial charge in [-0.15, -0.1) is 0 Å². The number of aryl methyl sites for hydroxylation is 3. The average Bonchev–Trinajstić information content (AvgIpc) is 2.53. The van der Waals surface area contributed by atoms with Crippen LogP contribution in [0.25, 0.3) is 0 Å². The van der Waals surface area contributed by atoms with Crippen LogP contribution in [0.5, 0.6) is 5.75 Å². The van der Waals surface area contributed by atoms with E-state index in [0.717, 1.165) is 5.75 Å². The lowest BCUT2D eigenvalue weighted by Gasteiger charge is -2.17. The molecule has 1 amide bonds. The standard InChI is InChI=1S/C21H27NO2/c1-15-7-10-19(11-8-15)24-13-5-6-21(23)22-18(4)20-12-9-16(2)14-17(20)3/h7-12,14,18H,5-6,13H2,1-4H3,(H,22,23)/t18-/m0/s1. The number of hydrogen-bond acceptors (Lipinski definition) is 2. The Morgan fingerprint density at radius 2 is 1.71 bits per heavy atom. The fourth-order valence-corrected chi connectivity index (χ4v) is 2.76. The molecule has 0 aliphatic rings. The molecule has 0 saturated carbocycles. The van der Waals surface area contributed by atoms with Crippen molar-refractivity contribution >= 4 is 5.91 Å². The van der Waals surface area contributed by atoms with Gasteiger partial charge in [0.15, 0.2) is 0 Å². The number of ether oxygens (including phenoxy) is 1. The van der Waals surface area contributed by atoms with Gasteiger partial charge in [-0.05, 0) is 57.4 Å². The van der Waals surface area contributed by atoms with Crippen LogP contribution in [0.2, 0.25) is 0 Å². The Morgan fingerprint density at radius 3 is 2.38 bits per heavy atom. The van der Waals surface area contributed by atoms with Crippen molar-refractivity contribution < 1.29 is 9.53 Å². The Bertz CT molecular complexity index is 677. The highest BCUT2D eigenvalue weighted by molar-refractivity contribution is 5.76. The van der Waals surface area contributed by atoms with Crippen LogP contribution in [-0.2, 0) is 4.79 Å². The van der Waals surface area contributed by atoms with Crippen LogP contribution in [0, 0.1) is 20.8 Å². The fraction of sp³-hybridized carbons (Fsp3) is 0.381. The van der Waals surface area contributed by atoms with Crippen LogP contribution in [-0.4, -0.2) is 12.5 Å². The fourth-order valence-electron chi connectivity index (χ4n) is 2.76. The number of carbonyl (C=O) groups excluding carboxylic acids is 1. The van der Waals surface area contributed by atoms with Crippen LogP contribution in [0.4, 0.5) is 0 Å². The smallest absolute Gasteiger partial charge is 0.220 e. The van der Waals surface area contributed by atoms with E-state index in [1.165, 1.54) is 22.3 Å². The van der Waals surface area contributed by atoms with Gasteiger partial charge in [-0.1, -0.05) is 41.5 Å². The van der Waals surface area contributed by atoms with Crippen molar-refractivity contribution in [3.63, 3.8) is 0 Å². The second-order valence-electron chi connectivity index (χ2n) is 6.41. The molecule has 2 rings (SSSR count). The van der Waals surface area contributed by atoms with Gasteiger partial charge < -0.3 is 10.1 Å². The molecule has 1 atom stereocenters. The molecule has 128 valence electrons. The summed E-state index contributed by atoms with van der Waals surface area (Å²) >= 11 is 0. The van der Waals surface area contributed by atoms with Gasteiger partial charge in [0.1, 0.15) is 5.75 Å². The van der Waals surface area contributed by atoms with Crippen LogP contribution in [0.15, 0.2) is 42.5 Å². The summed E-state index contributed by atoms with van der Waals surface area (Å²) in [5.41, 5.74) is 4.83. The maximum absolute atomic E-state index is 12.1. The number of amides is 1. The minimum atomic E-state index is 0.0242. The lowest BCUT2D eigenvalue weighted by molar-refractivity contribution is -0.121. The third-order valence-corrected chi connectivity index (χ3v) is 4.11. The average molecular weight is 325 g/mol. The first-order chi connectivity index (χ1) is 11.5. The lowest BCUT2D eigenvalue weighted by Crippen LogP contribution is -2.27. The van der Waals surface area contributed by atoms with Crippen molar-refractivity contribution in [2.45, 2.75) is 46.6 Å². The van der Waals surface area contributed by atoms with E-state index in [1.54, 1.807) is 0 Å². The largest absolute Gasteiger partial charge is 0.494 e. The van der Waals surface area contributed by atoms with Crippen molar-refractivity contribution in [2.75, 3.05) is 6.61 Å². The van der Waals surface area contributed by atoms with E-state index in [-0.39, 0.29) is 11.9 Å². The van der Waals surface area contributed by atoms with Crippen LogP contribution in [0.3, 0.4) is 0 Å². The Labute approximate surface area is 145 Å². The molecule has 0 bridgehead atoms. The highest BCUT2D eigenvalue weighted by Crippen LogP contribution is 2.18. The first-order valence-electron chi connectivity index (χ1n) is 8.51. The SMILES string of the molecule is Cc1ccc(OCCCC(=O)N[C@@H](C)c2ccc(C)cc2C)cc1. The van der Waals surface area contributed by atoms with Gasteiger partial charge in [0, 0.05) is 6.42 Å². The normalized spacial score (nSPS) is 11.8. The van der Waals surface area contributed by atoms with Crippen molar-refractivity contribution in [3.8, 4) is 5.75 Å². The molecule has 1 N–H and O–H groups in total. The predicted molar refractivity (Wildman–Crippen MR) is 98.4 cm³/mol. The topological polar surface area (TPSA) is 38.3 Å². The zero-order valence-electron chi connectivity index (χ0n) is 15.1.